The first-order valence-electron chi connectivity index (χ1n) is 13.2. The van der Waals surface area contributed by atoms with Gasteiger partial charge in [-0.2, -0.15) is 0 Å². The van der Waals surface area contributed by atoms with Gasteiger partial charge in [0.25, 0.3) is 0 Å². The van der Waals surface area contributed by atoms with Crippen molar-refractivity contribution in [1.29, 1.82) is 0 Å². The lowest BCUT2D eigenvalue weighted by Gasteiger charge is -2.17. The van der Waals surface area contributed by atoms with Gasteiger partial charge in [0.1, 0.15) is 0 Å². The molecule has 7 rings (SSSR count). The summed E-state index contributed by atoms with van der Waals surface area (Å²) in [6.45, 7) is 4.23. The molecule has 1 heterocycles. The largest absolute Gasteiger partial charge is 0.259 e. The van der Waals surface area contributed by atoms with Crippen LogP contribution in [0.3, 0.4) is 0 Å². The van der Waals surface area contributed by atoms with Crippen molar-refractivity contribution in [1.82, 2.24) is 4.98 Å². The summed E-state index contributed by atoms with van der Waals surface area (Å²) < 4.78 is 0. The molecule has 0 unspecified atom stereocenters. The molecular formula is C35H28N2. The van der Waals surface area contributed by atoms with E-state index in [0.717, 1.165) is 41.4 Å². The molecule has 1 aliphatic carbocycles. The molecule has 0 amide bonds. The average molecular weight is 477 g/mol. The predicted octanol–water partition coefficient (Wildman–Crippen LogP) is 8.74. The van der Waals surface area contributed by atoms with Crippen LogP contribution in [0.2, 0.25) is 0 Å². The Hall–Kier alpha value is -4.30. The number of hydrogen-bond acceptors (Lipinski definition) is 2. The van der Waals surface area contributed by atoms with Gasteiger partial charge < -0.3 is 0 Å². The molecule has 1 aliphatic rings. The molecule has 0 N–H and O–H groups in total. The molecule has 0 atom stereocenters. The van der Waals surface area contributed by atoms with Gasteiger partial charge in [-0.15, -0.1) is 0 Å². The second-order valence-electron chi connectivity index (χ2n) is 10.0. The topological polar surface area (TPSA) is 25.2 Å². The summed E-state index contributed by atoms with van der Waals surface area (Å²) in [5, 5.41) is 8.04. The fraction of sp³-hybridized carbons (Fsp3) is 0.143. The summed E-state index contributed by atoms with van der Waals surface area (Å²) in [6, 6.07) is 29.3. The number of hydrogen-bond donors (Lipinski definition) is 0. The molecule has 0 fully saturated rings. The molecular weight excluding hydrogens is 448 g/mol. The summed E-state index contributed by atoms with van der Waals surface area (Å²) in [5.41, 5.74) is 9.49. The Morgan fingerprint density at radius 1 is 0.838 bits per heavy atom. The van der Waals surface area contributed by atoms with Crippen LogP contribution in [-0.4, -0.2) is 11.2 Å². The zero-order valence-corrected chi connectivity index (χ0v) is 21.3. The summed E-state index contributed by atoms with van der Waals surface area (Å²) >= 11 is 0. The van der Waals surface area contributed by atoms with E-state index in [4.69, 9.17) is 9.98 Å². The lowest BCUT2D eigenvalue weighted by molar-refractivity contribution is 1.04. The third kappa shape index (κ3) is 3.48. The van der Waals surface area contributed by atoms with E-state index < -0.39 is 0 Å². The lowest BCUT2D eigenvalue weighted by Crippen LogP contribution is -2.09. The van der Waals surface area contributed by atoms with Crippen molar-refractivity contribution in [2.75, 3.05) is 0 Å². The Morgan fingerprint density at radius 3 is 2.49 bits per heavy atom. The minimum Gasteiger partial charge on any atom is -0.259 e. The quantitative estimate of drug-likeness (QED) is 0.234. The molecule has 2 heteroatoms. The molecule has 2 nitrogen and oxygen atoms in total. The summed E-state index contributed by atoms with van der Waals surface area (Å²) in [6.07, 6.45) is 9.38. The molecule has 0 saturated heterocycles. The smallest absolute Gasteiger partial charge is 0.0967 e. The van der Waals surface area contributed by atoms with Crippen molar-refractivity contribution in [3.63, 3.8) is 0 Å². The summed E-state index contributed by atoms with van der Waals surface area (Å²) in [5.74, 6) is 0. The van der Waals surface area contributed by atoms with Crippen molar-refractivity contribution in [3.05, 3.63) is 101 Å². The molecule has 178 valence electrons. The van der Waals surface area contributed by atoms with E-state index in [1.807, 2.05) is 18.5 Å². The van der Waals surface area contributed by atoms with Gasteiger partial charge in [-0.05, 0) is 98.5 Å². The van der Waals surface area contributed by atoms with Gasteiger partial charge in [-0.1, -0.05) is 79.7 Å². The first-order chi connectivity index (χ1) is 18.2. The highest BCUT2D eigenvalue weighted by Crippen LogP contribution is 2.39. The molecule has 6 aromatic rings. The van der Waals surface area contributed by atoms with Crippen LogP contribution >= 0.6 is 0 Å². The van der Waals surface area contributed by atoms with E-state index in [1.165, 1.54) is 54.6 Å². The normalized spacial score (nSPS) is 13.1. The number of fused-ring (bicyclic) bond motifs is 1. The maximum Gasteiger partial charge on any atom is 0.0967 e. The molecule has 0 radical (unpaired) electrons. The third-order valence-corrected chi connectivity index (χ3v) is 7.78. The fourth-order valence-electron chi connectivity index (χ4n) is 6.04. The summed E-state index contributed by atoms with van der Waals surface area (Å²) in [7, 11) is 0. The van der Waals surface area contributed by atoms with E-state index in [0.29, 0.717) is 0 Å². The zero-order valence-electron chi connectivity index (χ0n) is 21.3. The van der Waals surface area contributed by atoms with Gasteiger partial charge in [-0.25, -0.2) is 0 Å². The van der Waals surface area contributed by atoms with Crippen molar-refractivity contribution in [2.24, 2.45) is 4.99 Å². The average Bonchev–Trinajstić information content (AvgIpc) is 2.95. The second-order valence-corrected chi connectivity index (χ2v) is 10.0. The number of nitrogens with zero attached hydrogens (tertiary/aromatic N) is 2. The van der Waals surface area contributed by atoms with Gasteiger partial charge >= 0.3 is 0 Å². The van der Waals surface area contributed by atoms with Gasteiger partial charge in [0.2, 0.25) is 0 Å². The number of aromatic nitrogens is 1. The Balaban J connectivity index is 1.37. The maximum atomic E-state index is 4.72. The molecule has 0 aliphatic heterocycles. The van der Waals surface area contributed by atoms with Gasteiger partial charge in [0, 0.05) is 17.8 Å². The Bertz CT molecular complexity index is 1910. The van der Waals surface area contributed by atoms with E-state index in [1.54, 1.807) is 0 Å². The number of benzene rings is 5. The first kappa shape index (κ1) is 21.9. The van der Waals surface area contributed by atoms with Crippen LogP contribution in [0.1, 0.15) is 30.9 Å². The van der Waals surface area contributed by atoms with Crippen LogP contribution in [-0.2, 0) is 6.42 Å². The highest BCUT2D eigenvalue weighted by molar-refractivity contribution is 6.16. The maximum absolute atomic E-state index is 4.72. The molecule has 0 saturated carbocycles. The van der Waals surface area contributed by atoms with E-state index in [9.17, 15) is 0 Å². The first-order valence-corrected chi connectivity index (χ1v) is 13.2. The van der Waals surface area contributed by atoms with Crippen molar-refractivity contribution in [2.45, 2.75) is 33.1 Å². The molecule has 5 aromatic carbocycles. The standard InChI is InChI=1S/C35H28N2/c1-3-19-36-34-22(2)21-31(30-8-5-20-37-35(30)34)24-11-9-23(10-12-24)28-17-15-27-14-13-25-6-4-7-26-16-18-29(28)33(27)32(25)26/h5-6,8-21H,3-4,7H2,1-2H3/b36-19-. The Kier molecular flexibility index (Phi) is 5.14. The highest BCUT2D eigenvalue weighted by Gasteiger charge is 2.15. The van der Waals surface area contributed by atoms with Crippen LogP contribution < -0.4 is 5.22 Å². The van der Waals surface area contributed by atoms with Crippen molar-refractivity contribution >= 4 is 50.4 Å². The van der Waals surface area contributed by atoms with E-state index in [2.05, 4.69) is 92.7 Å². The SMILES string of the molecule is CC/C=N\c1c(C)cc(-c2ccc(-c3ccc4ccc5c6c(ccc3c46)CCC=5)cc2)c2cccnc12. The van der Waals surface area contributed by atoms with Gasteiger partial charge in [-0.3, -0.25) is 9.98 Å². The highest BCUT2D eigenvalue weighted by atomic mass is 14.8. The van der Waals surface area contributed by atoms with Gasteiger partial charge in [0.05, 0.1) is 11.2 Å². The minimum absolute atomic E-state index is 0.906. The predicted molar refractivity (Wildman–Crippen MR) is 159 cm³/mol. The van der Waals surface area contributed by atoms with Crippen LogP contribution in [0.5, 0.6) is 0 Å². The minimum atomic E-state index is 0.906. The Morgan fingerprint density at radius 2 is 1.65 bits per heavy atom. The number of pyridine rings is 1. The zero-order chi connectivity index (χ0) is 24.9. The van der Waals surface area contributed by atoms with Crippen LogP contribution in [0.4, 0.5) is 5.69 Å². The van der Waals surface area contributed by atoms with E-state index in [-0.39, 0.29) is 0 Å². The lowest BCUT2D eigenvalue weighted by atomic mass is 9.87. The van der Waals surface area contributed by atoms with E-state index >= 15 is 0 Å². The number of rotatable bonds is 4. The fourth-order valence-corrected chi connectivity index (χ4v) is 6.04. The molecule has 1 aromatic heterocycles. The third-order valence-electron chi connectivity index (χ3n) is 7.78. The second kappa shape index (κ2) is 8.67. The number of aryl methyl sites for hydroxylation is 2. The van der Waals surface area contributed by atoms with Crippen LogP contribution in [0, 0.1) is 6.92 Å². The van der Waals surface area contributed by atoms with Crippen LogP contribution in [0.15, 0.2) is 90.1 Å². The number of aliphatic imine (C=N–C) groups is 1. The van der Waals surface area contributed by atoms with Crippen molar-refractivity contribution < 1.29 is 0 Å². The Labute approximate surface area is 217 Å². The molecule has 0 spiro atoms. The molecule has 37 heavy (non-hydrogen) atoms. The monoisotopic (exact) mass is 476 g/mol. The van der Waals surface area contributed by atoms with Crippen molar-refractivity contribution in [3.8, 4) is 22.3 Å². The van der Waals surface area contributed by atoms with Gasteiger partial charge in [0.15, 0.2) is 0 Å². The van der Waals surface area contributed by atoms with Crippen LogP contribution in [0.25, 0.3) is 60.8 Å². The molecule has 0 bridgehead atoms. The summed E-state index contributed by atoms with van der Waals surface area (Å²) in [4.78, 5) is 9.43.